The van der Waals surface area contributed by atoms with Gasteiger partial charge in [0.05, 0.1) is 12.2 Å². The fraction of sp³-hybridized carbons (Fsp3) is 0.909. The molecule has 1 heterocycles. The van der Waals surface area contributed by atoms with Gasteiger partial charge in [-0.3, -0.25) is 4.79 Å². The number of aliphatic hydroxyl groups is 2. The van der Waals surface area contributed by atoms with E-state index in [-0.39, 0.29) is 18.9 Å². The number of rotatable bonds is 6. The third-order valence-electron chi connectivity index (χ3n) is 2.75. The molecule has 17 heavy (non-hydrogen) atoms. The van der Waals surface area contributed by atoms with E-state index in [1.165, 1.54) is 0 Å². The maximum atomic E-state index is 10.3. The minimum absolute atomic E-state index is 0.118. The van der Waals surface area contributed by atoms with Crippen molar-refractivity contribution in [2.24, 2.45) is 0 Å². The lowest BCUT2D eigenvalue weighted by Crippen LogP contribution is -2.47. The van der Waals surface area contributed by atoms with Gasteiger partial charge in [0.25, 0.3) is 0 Å². The number of aliphatic carboxylic acids is 1. The smallest absolute Gasteiger partial charge is 0.303 e. The topological polar surface area (TPSA) is 96.2 Å². The molecule has 0 aliphatic carbocycles. The molecule has 0 aromatic rings. The normalized spacial score (nSPS) is 33.6. The van der Waals surface area contributed by atoms with Crippen molar-refractivity contribution < 1.29 is 29.6 Å². The molecule has 1 aliphatic rings. The van der Waals surface area contributed by atoms with E-state index in [2.05, 4.69) is 0 Å². The van der Waals surface area contributed by atoms with Crippen LogP contribution in [0.4, 0.5) is 0 Å². The first kappa shape index (κ1) is 14.4. The lowest BCUT2D eigenvalue weighted by atomic mass is 10.0. The second-order valence-corrected chi connectivity index (χ2v) is 4.30. The molecule has 1 saturated heterocycles. The minimum Gasteiger partial charge on any atom is -0.481 e. The SMILES string of the molecule is CC1OC(OCCCCC(=O)O)C(O)CC1O. The molecule has 3 N–H and O–H groups in total. The Morgan fingerprint density at radius 2 is 2.06 bits per heavy atom. The molecular formula is C11H20O6. The zero-order valence-electron chi connectivity index (χ0n) is 9.91. The van der Waals surface area contributed by atoms with E-state index in [4.69, 9.17) is 14.6 Å². The van der Waals surface area contributed by atoms with Gasteiger partial charge in [-0.1, -0.05) is 0 Å². The molecule has 100 valence electrons. The van der Waals surface area contributed by atoms with E-state index in [0.717, 1.165) is 0 Å². The average Bonchev–Trinajstić information content (AvgIpc) is 2.24. The molecule has 4 unspecified atom stereocenters. The summed E-state index contributed by atoms with van der Waals surface area (Å²) >= 11 is 0. The quantitative estimate of drug-likeness (QED) is 0.577. The van der Waals surface area contributed by atoms with Gasteiger partial charge in [-0.25, -0.2) is 0 Å². The van der Waals surface area contributed by atoms with Gasteiger partial charge < -0.3 is 24.8 Å². The van der Waals surface area contributed by atoms with Crippen molar-refractivity contribution in [3.8, 4) is 0 Å². The van der Waals surface area contributed by atoms with Crippen LogP contribution in [0.25, 0.3) is 0 Å². The molecule has 0 aromatic carbocycles. The highest BCUT2D eigenvalue weighted by Gasteiger charge is 2.34. The first-order valence-electron chi connectivity index (χ1n) is 5.85. The number of aliphatic hydroxyl groups excluding tert-OH is 2. The van der Waals surface area contributed by atoms with Crippen LogP contribution in [0.15, 0.2) is 0 Å². The maximum absolute atomic E-state index is 10.3. The lowest BCUT2D eigenvalue weighted by molar-refractivity contribution is -0.261. The highest BCUT2D eigenvalue weighted by Crippen LogP contribution is 2.21. The third-order valence-corrected chi connectivity index (χ3v) is 2.75. The highest BCUT2D eigenvalue weighted by atomic mass is 16.7. The van der Waals surface area contributed by atoms with Crippen molar-refractivity contribution in [2.45, 2.75) is 57.2 Å². The summed E-state index contributed by atoms with van der Waals surface area (Å²) < 4.78 is 10.6. The average molecular weight is 248 g/mol. The van der Waals surface area contributed by atoms with E-state index in [9.17, 15) is 15.0 Å². The molecule has 0 spiro atoms. The van der Waals surface area contributed by atoms with E-state index < -0.39 is 24.5 Å². The van der Waals surface area contributed by atoms with Gasteiger partial charge in [0, 0.05) is 19.4 Å². The number of carbonyl (C=O) groups is 1. The van der Waals surface area contributed by atoms with Crippen LogP contribution >= 0.6 is 0 Å². The minimum atomic E-state index is -0.833. The van der Waals surface area contributed by atoms with Crippen molar-refractivity contribution in [3.05, 3.63) is 0 Å². The van der Waals surface area contributed by atoms with Gasteiger partial charge in [0.15, 0.2) is 6.29 Å². The fourth-order valence-corrected chi connectivity index (χ4v) is 1.67. The van der Waals surface area contributed by atoms with Crippen molar-refractivity contribution in [2.75, 3.05) is 6.61 Å². The van der Waals surface area contributed by atoms with E-state index in [1.807, 2.05) is 0 Å². The number of unbranched alkanes of at least 4 members (excludes halogenated alkanes) is 1. The van der Waals surface area contributed by atoms with Gasteiger partial charge in [0.1, 0.15) is 6.10 Å². The number of carboxylic acid groups (broad SMARTS) is 1. The molecule has 1 fully saturated rings. The van der Waals surface area contributed by atoms with Crippen LogP contribution in [0.3, 0.4) is 0 Å². The number of hydrogen-bond donors (Lipinski definition) is 3. The van der Waals surface area contributed by atoms with Gasteiger partial charge in [-0.2, -0.15) is 0 Å². The zero-order chi connectivity index (χ0) is 12.8. The lowest BCUT2D eigenvalue weighted by Gasteiger charge is -2.35. The van der Waals surface area contributed by atoms with Crippen molar-refractivity contribution in [1.82, 2.24) is 0 Å². The Kier molecular flexibility index (Phi) is 5.84. The van der Waals surface area contributed by atoms with Crippen LogP contribution in [0.5, 0.6) is 0 Å². The Balaban J connectivity index is 2.16. The summed E-state index contributed by atoms with van der Waals surface area (Å²) in [6.45, 7) is 2.06. The van der Waals surface area contributed by atoms with Crippen LogP contribution in [0, 0.1) is 0 Å². The Morgan fingerprint density at radius 3 is 2.71 bits per heavy atom. The van der Waals surface area contributed by atoms with Crippen LogP contribution in [-0.2, 0) is 14.3 Å². The van der Waals surface area contributed by atoms with Crippen molar-refractivity contribution >= 4 is 5.97 Å². The van der Waals surface area contributed by atoms with Gasteiger partial charge >= 0.3 is 5.97 Å². The molecular weight excluding hydrogens is 228 g/mol. The van der Waals surface area contributed by atoms with Gasteiger partial charge in [0.2, 0.25) is 0 Å². The Bertz CT molecular complexity index is 244. The second kappa shape index (κ2) is 6.90. The Morgan fingerprint density at radius 1 is 1.35 bits per heavy atom. The number of ether oxygens (including phenoxy) is 2. The van der Waals surface area contributed by atoms with Gasteiger partial charge in [-0.05, 0) is 19.8 Å². The molecule has 0 amide bonds. The molecule has 6 nitrogen and oxygen atoms in total. The van der Waals surface area contributed by atoms with Crippen LogP contribution in [0.1, 0.15) is 32.6 Å². The molecule has 0 saturated carbocycles. The maximum Gasteiger partial charge on any atom is 0.303 e. The first-order valence-corrected chi connectivity index (χ1v) is 5.85. The van der Waals surface area contributed by atoms with Crippen LogP contribution in [0.2, 0.25) is 0 Å². The summed E-state index contributed by atoms with van der Waals surface area (Å²) in [6, 6.07) is 0. The monoisotopic (exact) mass is 248 g/mol. The second-order valence-electron chi connectivity index (χ2n) is 4.30. The van der Waals surface area contributed by atoms with E-state index >= 15 is 0 Å². The van der Waals surface area contributed by atoms with E-state index in [1.54, 1.807) is 6.92 Å². The molecule has 0 radical (unpaired) electrons. The predicted octanol–water partition coefficient (Wildman–Crippen LogP) is 0.115. The Labute approximate surface area is 100 Å². The van der Waals surface area contributed by atoms with Crippen molar-refractivity contribution in [1.29, 1.82) is 0 Å². The van der Waals surface area contributed by atoms with Crippen molar-refractivity contribution in [3.63, 3.8) is 0 Å². The zero-order valence-corrected chi connectivity index (χ0v) is 9.91. The van der Waals surface area contributed by atoms with Crippen LogP contribution < -0.4 is 0 Å². The standard InChI is InChI=1S/C11H20O6/c1-7-8(12)6-9(13)11(17-7)16-5-3-2-4-10(14)15/h7-9,11-13H,2-6H2,1H3,(H,14,15). The summed E-state index contributed by atoms with van der Waals surface area (Å²) in [5, 5.41) is 27.5. The molecule has 0 bridgehead atoms. The first-order chi connectivity index (χ1) is 8.00. The molecule has 6 heteroatoms. The summed E-state index contributed by atoms with van der Waals surface area (Å²) in [5.41, 5.74) is 0. The third kappa shape index (κ3) is 4.99. The molecule has 4 atom stereocenters. The number of hydrogen-bond acceptors (Lipinski definition) is 5. The van der Waals surface area contributed by atoms with Crippen LogP contribution in [-0.4, -0.2) is 52.5 Å². The molecule has 0 aromatic heterocycles. The summed E-state index contributed by atoms with van der Waals surface area (Å²) in [4.78, 5) is 10.3. The highest BCUT2D eigenvalue weighted by molar-refractivity contribution is 5.66. The van der Waals surface area contributed by atoms with Gasteiger partial charge in [-0.15, -0.1) is 0 Å². The molecule has 1 aliphatic heterocycles. The Hall–Kier alpha value is -0.690. The fourth-order valence-electron chi connectivity index (χ4n) is 1.67. The summed E-state index contributed by atoms with van der Waals surface area (Å²) in [5.74, 6) is -0.823. The number of carboxylic acids is 1. The van der Waals surface area contributed by atoms with E-state index in [0.29, 0.717) is 19.4 Å². The largest absolute Gasteiger partial charge is 0.481 e. The summed E-state index contributed by atoms with van der Waals surface area (Å²) in [6.07, 6.45) is -1.09. The predicted molar refractivity (Wildman–Crippen MR) is 58.4 cm³/mol. The summed E-state index contributed by atoms with van der Waals surface area (Å²) in [7, 11) is 0. The molecule has 1 rings (SSSR count).